The van der Waals surface area contributed by atoms with Gasteiger partial charge < -0.3 is 10.2 Å². The average molecular weight is 442 g/mol. The van der Waals surface area contributed by atoms with Gasteiger partial charge in [0.25, 0.3) is 5.91 Å². The third-order valence-corrected chi connectivity index (χ3v) is 6.47. The lowest BCUT2D eigenvalue weighted by molar-refractivity contribution is -0.133. The quantitative estimate of drug-likeness (QED) is 0.605. The van der Waals surface area contributed by atoms with Gasteiger partial charge >= 0.3 is 0 Å². The van der Waals surface area contributed by atoms with E-state index in [9.17, 15) is 9.59 Å². The Balaban J connectivity index is 1.57. The van der Waals surface area contributed by atoms with Gasteiger partial charge in [0.05, 0.1) is 11.0 Å². The smallest absolute Gasteiger partial charge is 0.255 e. The summed E-state index contributed by atoms with van der Waals surface area (Å²) in [4.78, 5) is 32.3. The summed E-state index contributed by atoms with van der Waals surface area (Å²) in [6, 6.07) is 20.5. The van der Waals surface area contributed by atoms with Gasteiger partial charge in [0.15, 0.2) is 0 Å². The number of likely N-dealkylation sites (tertiary alicyclic amines) is 1. The van der Waals surface area contributed by atoms with Crippen molar-refractivity contribution in [1.29, 1.82) is 0 Å². The Kier molecular flexibility index (Phi) is 6.87. The van der Waals surface area contributed by atoms with Crippen LogP contribution in [0, 0.1) is 12.3 Å². The maximum absolute atomic E-state index is 13.3. The van der Waals surface area contributed by atoms with E-state index in [0.29, 0.717) is 31.6 Å². The summed E-state index contributed by atoms with van der Waals surface area (Å²) >= 11 is 0. The van der Waals surface area contributed by atoms with Crippen LogP contribution in [0.3, 0.4) is 0 Å². The minimum atomic E-state index is -0.641. The van der Waals surface area contributed by atoms with Crippen LogP contribution in [0.5, 0.6) is 0 Å². The summed E-state index contributed by atoms with van der Waals surface area (Å²) in [5.41, 5.74) is 4.60. The molecule has 170 valence electrons. The summed E-state index contributed by atoms with van der Waals surface area (Å²) in [5, 5.41) is 3.03. The molecule has 0 aliphatic carbocycles. The van der Waals surface area contributed by atoms with Gasteiger partial charge in [-0.1, -0.05) is 54.1 Å². The predicted octanol–water partition coefficient (Wildman–Crippen LogP) is 4.66. The number of carbonyl (C=O) groups excluding carboxylic acids is 2. The summed E-state index contributed by atoms with van der Waals surface area (Å²) in [5.74, 6) is -0.0394. The second-order valence-corrected chi connectivity index (χ2v) is 8.95. The van der Waals surface area contributed by atoms with Crippen LogP contribution in [-0.4, -0.2) is 41.3 Å². The number of nitrogens with one attached hydrogen (secondary N) is 1. The molecule has 1 unspecified atom stereocenters. The van der Waals surface area contributed by atoms with Crippen molar-refractivity contribution in [1.82, 2.24) is 15.2 Å². The van der Waals surface area contributed by atoms with Crippen molar-refractivity contribution in [2.45, 2.75) is 33.1 Å². The lowest BCUT2D eigenvalue weighted by Gasteiger charge is -2.42. The maximum Gasteiger partial charge on any atom is 0.255 e. The molecule has 2 heterocycles. The Morgan fingerprint density at radius 1 is 1.03 bits per heavy atom. The van der Waals surface area contributed by atoms with Gasteiger partial charge in [-0.3, -0.25) is 14.6 Å². The monoisotopic (exact) mass is 441 g/mol. The number of benzene rings is 2. The summed E-state index contributed by atoms with van der Waals surface area (Å²) < 4.78 is 0. The van der Waals surface area contributed by atoms with E-state index in [4.69, 9.17) is 0 Å². The molecule has 1 aliphatic rings. The van der Waals surface area contributed by atoms with Crippen molar-refractivity contribution in [3.8, 4) is 11.1 Å². The van der Waals surface area contributed by atoms with Crippen LogP contribution in [-0.2, 0) is 11.2 Å². The molecular weight excluding hydrogens is 410 g/mol. The summed E-state index contributed by atoms with van der Waals surface area (Å²) in [6.45, 7) is 5.65. The van der Waals surface area contributed by atoms with E-state index in [2.05, 4.69) is 65.8 Å². The number of aryl methyl sites for hydroxylation is 1. The molecule has 0 bridgehead atoms. The van der Waals surface area contributed by atoms with Crippen molar-refractivity contribution in [3.05, 3.63) is 89.7 Å². The Morgan fingerprint density at radius 2 is 1.73 bits per heavy atom. The van der Waals surface area contributed by atoms with Crippen LogP contribution in [0.4, 0.5) is 0 Å². The fraction of sp³-hybridized carbons (Fsp3) is 0.321. The zero-order chi connectivity index (χ0) is 23.3. The van der Waals surface area contributed by atoms with Crippen molar-refractivity contribution in [3.63, 3.8) is 0 Å². The Morgan fingerprint density at radius 3 is 2.36 bits per heavy atom. The summed E-state index contributed by atoms with van der Waals surface area (Å²) in [7, 11) is 0. The summed E-state index contributed by atoms with van der Waals surface area (Å²) in [6.07, 6.45) is 5.41. The van der Waals surface area contributed by atoms with Crippen molar-refractivity contribution in [2.24, 2.45) is 5.41 Å². The zero-order valence-electron chi connectivity index (χ0n) is 19.4. The second-order valence-electron chi connectivity index (χ2n) is 8.95. The van der Waals surface area contributed by atoms with Crippen LogP contribution >= 0.6 is 0 Å². The first-order valence-electron chi connectivity index (χ1n) is 11.6. The Labute approximate surface area is 195 Å². The molecule has 1 N–H and O–H groups in total. The van der Waals surface area contributed by atoms with E-state index in [1.807, 2.05) is 11.8 Å². The molecule has 0 radical (unpaired) electrons. The number of piperidine rings is 1. The van der Waals surface area contributed by atoms with E-state index in [1.54, 1.807) is 24.5 Å². The lowest BCUT2D eigenvalue weighted by atomic mass is 9.74. The number of nitrogens with zero attached hydrogens (tertiary/aromatic N) is 2. The molecule has 1 saturated heterocycles. The molecule has 2 aromatic carbocycles. The first kappa shape index (κ1) is 22.7. The number of rotatable bonds is 6. The SMILES string of the molecule is CCNC(=O)C1(Cc2ccc(-c3ccc(C)cc3)cc2)CCCN(C(=O)c2cccnc2)C1. The highest BCUT2D eigenvalue weighted by Gasteiger charge is 2.43. The molecule has 1 atom stereocenters. The molecule has 1 fully saturated rings. The standard InChI is InChI=1S/C28H31N3O2/c1-3-30-27(33)28(15-5-17-31(20-28)26(32)25-6-4-16-29-19-25)18-22-9-13-24(14-10-22)23-11-7-21(2)8-12-23/h4,6-14,16,19H,3,5,15,17-18,20H2,1-2H3,(H,30,33). The number of amides is 2. The second kappa shape index (κ2) is 9.99. The molecule has 0 spiro atoms. The highest BCUT2D eigenvalue weighted by atomic mass is 16.2. The number of pyridine rings is 1. The molecule has 0 saturated carbocycles. The van der Waals surface area contributed by atoms with Gasteiger partial charge in [-0.15, -0.1) is 0 Å². The first-order chi connectivity index (χ1) is 16.0. The zero-order valence-corrected chi connectivity index (χ0v) is 19.4. The van der Waals surface area contributed by atoms with Gasteiger partial charge in [0.1, 0.15) is 0 Å². The van der Waals surface area contributed by atoms with E-state index < -0.39 is 5.41 Å². The average Bonchev–Trinajstić information content (AvgIpc) is 2.85. The third-order valence-electron chi connectivity index (χ3n) is 6.47. The van der Waals surface area contributed by atoms with E-state index in [1.165, 1.54) is 11.1 Å². The Hall–Kier alpha value is -3.47. The van der Waals surface area contributed by atoms with Crippen LogP contribution in [0.2, 0.25) is 0 Å². The molecule has 5 heteroatoms. The van der Waals surface area contributed by atoms with Gasteiger partial charge in [-0.25, -0.2) is 0 Å². The molecule has 1 aromatic heterocycles. The number of aromatic nitrogens is 1. The van der Waals surface area contributed by atoms with Crippen LogP contribution in [0.25, 0.3) is 11.1 Å². The molecule has 3 aromatic rings. The van der Waals surface area contributed by atoms with Crippen LogP contribution in [0.15, 0.2) is 73.1 Å². The predicted molar refractivity (Wildman–Crippen MR) is 131 cm³/mol. The highest BCUT2D eigenvalue weighted by Crippen LogP contribution is 2.35. The first-order valence-corrected chi connectivity index (χ1v) is 11.6. The molecule has 4 rings (SSSR count). The molecule has 5 nitrogen and oxygen atoms in total. The lowest BCUT2D eigenvalue weighted by Crippen LogP contribution is -2.54. The van der Waals surface area contributed by atoms with Gasteiger partial charge in [-0.05, 0) is 61.9 Å². The molecule has 2 amide bonds. The maximum atomic E-state index is 13.3. The highest BCUT2D eigenvalue weighted by molar-refractivity contribution is 5.94. The van der Waals surface area contributed by atoms with Gasteiger partial charge in [-0.2, -0.15) is 0 Å². The van der Waals surface area contributed by atoms with Crippen molar-refractivity contribution >= 4 is 11.8 Å². The molecule has 33 heavy (non-hydrogen) atoms. The fourth-order valence-corrected chi connectivity index (χ4v) is 4.69. The van der Waals surface area contributed by atoms with Gasteiger partial charge in [0, 0.05) is 32.0 Å². The minimum absolute atomic E-state index is 0.0243. The van der Waals surface area contributed by atoms with Crippen molar-refractivity contribution in [2.75, 3.05) is 19.6 Å². The van der Waals surface area contributed by atoms with E-state index >= 15 is 0 Å². The molecule has 1 aliphatic heterocycles. The minimum Gasteiger partial charge on any atom is -0.356 e. The normalized spacial score (nSPS) is 18.1. The topological polar surface area (TPSA) is 62.3 Å². The van der Waals surface area contributed by atoms with Crippen LogP contribution < -0.4 is 5.32 Å². The number of hydrogen-bond donors (Lipinski definition) is 1. The number of carbonyl (C=O) groups is 2. The van der Waals surface area contributed by atoms with E-state index in [0.717, 1.165) is 24.0 Å². The van der Waals surface area contributed by atoms with E-state index in [-0.39, 0.29) is 11.8 Å². The molecular formula is C28H31N3O2. The largest absolute Gasteiger partial charge is 0.356 e. The Bertz CT molecular complexity index is 1090. The fourth-order valence-electron chi connectivity index (χ4n) is 4.69. The third kappa shape index (κ3) is 5.14. The van der Waals surface area contributed by atoms with Crippen LogP contribution in [0.1, 0.15) is 41.3 Å². The number of hydrogen-bond acceptors (Lipinski definition) is 3. The van der Waals surface area contributed by atoms with Gasteiger partial charge in [0.2, 0.25) is 5.91 Å². The van der Waals surface area contributed by atoms with Crippen molar-refractivity contribution < 1.29 is 9.59 Å².